The number of rotatable bonds is 3. The zero-order valence-corrected chi connectivity index (χ0v) is 10.3. The molecule has 0 aliphatic heterocycles. The van der Waals surface area contributed by atoms with Gasteiger partial charge in [-0.15, -0.1) is 0 Å². The summed E-state index contributed by atoms with van der Waals surface area (Å²) in [6.07, 6.45) is 6.39. The van der Waals surface area contributed by atoms with Gasteiger partial charge in [0, 0.05) is 11.1 Å². The Kier molecular flexibility index (Phi) is 3.49. The van der Waals surface area contributed by atoms with Crippen molar-refractivity contribution in [2.45, 2.75) is 37.6 Å². The van der Waals surface area contributed by atoms with Crippen LogP contribution >= 0.6 is 0 Å². The van der Waals surface area contributed by atoms with E-state index in [-0.39, 0.29) is 5.54 Å². The van der Waals surface area contributed by atoms with E-state index in [1.807, 2.05) is 6.07 Å². The highest BCUT2D eigenvalue weighted by Gasteiger charge is 2.34. The van der Waals surface area contributed by atoms with Gasteiger partial charge in [-0.05, 0) is 26.0 Å². The van der Waals surface area contributed by atoms with Crippen molar-refractivity contribution in [1.29, 1.82) is 0 Å². The van der Waals surface area contributed by atoms with Crippen LogP contribution in [0, 0.1) is 0 Å². The normalized spacial score (nSPS) is 19.4. The van der Waals surface area contributed by atoms with Gasteiger partial charge in [-0.2, -0.15) is 0 Å². The molecule has 2 nitrogen and oxygen atoms in total. The number of para-hydroxylation sites is 1. The maximum absolute atomic E-state index is 5.49. The lowest BCUT2D eigenvalue weighted by molar-refractivity contribution is 0.241. The molecule has 1 aromatic rings. The molecule has 0 atom stereocenters. The Morgan fingerprint density at radius 2 is 1.81 bits per heavy atom. The SMILES string of the molecule is CNC1(c2ccccc2OC)CCCCC1. The van der Waals surface area contributed by atoms with Crippen molar-refractivity contribution in [2.75, 3.05) is 14.2 Å². The third kappa shape index (κ3) is 1.94. The minimum absolute atomic E-state index is 0.130. The van der Waals surface area contributed by atoms with Crippen molar-refractivity contribution in [3.8, 4) is 5.75 Å². The van der Waals surface area contributed by atoms with Crippen LogP contribution in [0.25, 0.3) is 0 Å². The molecular formula is C14H21NO. The van der Waals surface area contributed by atoms with Crippen LogP contribution in [0.3, 0.4) is 0 Å². The van der Waals surface area contributed by atoms with Gasteiger partial charge in [-0.1, -0.05) is 37.5 Å². The fourth-order valence-electron chi connectivity index (χ4n) is 2.85. The van der Waals surface area contributed by atoms with E-state index in [0.29, 0.717) is 0 Å². The second-order valence-electron chi connectivity index (χ2n) is 4.59. The maximum Gasteiger partial charge on any atom is 0.123 e. The molecule has 0 amide bonds. The van der Waals surface area contributed by atoms with Crippen LogP contribution < -0.4 is 10.1 Å². The largest absolute Gasteiger partial charge is 0.496 e. The first kappa shape index (κ1) is 11.5. The summed E-state index contributed by atoms with van der Waals surface area (Å²) >= 11 is 0. The Morgan fingerprint density at radius 1 is 1.12 bits per heavy atom. The number of hydrogen-bond acceptors (Lipinski definition) is 2. The highest BCUT2D eigenvalue weighted by atomic mass is 16.5. The molecule has 88 valence electrons. The molecule has 0 bridgehead atoms. The number of ether oxygens (including phenoxy) is 1. The van der Waals surface area contributed by atoms with Crippen molar-refractivity contribution in [1.82, 2.24) is 5.32 Å². The van der Waals surface area contributed by atoms with Crippen LogP contribution in [0.5, 0.6) is 5.75 Å². The van der Waals surface area contributed by atoms with Gasteiger partial charge in [0.25, 0.3) is 0 Å². The van der Waals surface area contributed by atoms with Gasteiger partial charge in [-0.25, -0.2) is 0 Å². The van der Waals surface area contributed by atoms with Gasteiger partial charge >= 0.3 is 0 Å². The minimum Gasteiger partial charge on any atom is -0.496 e. The summed E-state index contributed by atoms with van der Waals surface area (Å²) in [7, 11) is 3.82. The Bertz CT molecular complexity index is 342. The van der Waals surface area contributed by atoms with E-state index < -0.39 is 0 Å². The fraction of sp³-hybridized carbons (Fsp3) is 0.571. The van der Waals surface area contributed by atoms with Crippen molar-refractivity contribution in [3.05, 3.63) is 29.8 Å². The van der Waals surface area contributed by atoms with Crippen LogP contribution in [-0.2, 0) is 5.54 Å². The Labute approximate surface area is 98.0 Å². The molecule has 0 saturated heterocycles. The fourth-order valence-corrected chi connectivity index (χ4v) is 2.85. The highest BCUT2D eigenvalue weighted by Crippen LogP contribution is 2.40. The van der Waals surface area contributed by atoms with E-state index in [9.17, 15) is 0 Å². The Balaban J connectivity index is 2.38. The predicted molar refractivity (Wildman–Crippen MR) is 66.8 cm³/mol. The van der Waals surface area contributed by atoms with Crippen molar-refractivity contribution >= 4 is 0 Å². The zero-order valence-electron chi connectivity index (χ0n) is 10.3. The van der Waals surface area contributed by atoms with E-state index >= 15 is 0 Å². The topological polar surface area (TPSA) is 21.3 Å². The zero-order chi connectivity index (χ0) is 11.4. The highest BCUT2D eigenvalue weighted by molar-refractivity contribution is 5.39. The molecule has 1 aliphatic rings. The molecule has 16 heavy (non-hydrogen) atoms. The Hall–Kier alpha value is -1.02. The molecule has 1 N–H and O–H groups in total. The first-order valence-corrected chi connectivity index (χ1v) is 6.15. The lowest BCUT2D eigenvalue weighted by atomic mass is 9.76. The summed E-state index contributed by atoms with van der Waals surface area (Å²) in [5.74, 6) is 1.01. The van der Waals surface area contributed by atoms with Crippen LogP contribution in [0.2, 0.25) is 0 Å². The molecule has 1 fully saturated rings. The quantitative estimate of drug-likeness (QED) is 0.843. The summed E-state index contributed by atoms with van der Waals surface area (Å²) in [5.41, 5.74) is 1.45. The van der Waals surface area contributed by atoms with Gasteiger partial charge in [0.05, 0.1) is 7.11 Å². The average molecular weight is 219 g/mol. The lowest BCUT2D eigenvalue weighted by Crippen LogP contribution is -2.41. The van der Waals surface area contributed by atoms with Gasteiger partial charge < -0.3 is 10.1 Å². The lowest BCUT2D eigenvalue weighted by Gasteiger charge is -2.38. The van der Waals surface area contributed by atoms with Crippen LogP contribution in [0.15, 0.2) is 24.3 Å². The Morgan fingerprint density at radius 3 is 2.44 bits per heavy atom. The summed E-state index contributed by atoms with van der Waals surface area (Å²) < 4.78 is 5.49. The molecule has 2 rings (SSSR count). The van der Waals surface area contributed by atoms with Gasteiger partial charge in [0.1, 0.15) is 5.75 Å². The van der Waals surface area contributed by atoms with Crippen molar-refractivity contribution in [3.63, 3.8) is 0 Å². The molecule has 1 aromatic carbocycles. The standard InChI is InChI=1S/C14H21NO/c1-15-14(10-6-3-7-11-14)12-8-4-5-9-13(12)16-2/h4-5,8-9,15H,3,6-7,10-11H2,1-2H3. The first-order chi connectivity index (χ1) is 7.82. The van der Waals surface area contributed by atoms with Gasteiger partial charge in [-0.3, -0.25) is 0 Å². The molecule has 2 heteroatoms. The third-order valence-corrected chi connectivity index (χ3v) is 3.81. The molecule has 0 aromatic heterocycles. The monoisotopic (exact) mass is 219 g/mol. The second kappa shape index (κ2) is 4.88. The smallest absolute Gasteiger partial charge is 0.123 e. The molecule has 0 heterocycles. The molecule has 0 unspecified atom stereocenters. The number of benzene rings is 1. The molecule has 0 spiro atoms. The minimum atomic E-state index is 0.130. The van der Waals surface area contributed by atoms with Crippen molar-refractivity contribution in [2.24, 2.45) is 0 Å². The van der Waals surface area contributed by atoms with Gasteiger partial charge in [0.15, 0.2) is 0 Å². The number of methoxy groups -OCH3 is 1. The summed E-state index contributed by atoms with van der Waals surface area (Å²) in [4.78, 5) is 0. The number of hydrogen-bond donors (Lipinski definition) is 1. The second-order valence-corrected chi connectivity index (χ2v) is 4.59. The third-order valence-electron chi connectivity index (χ3n) is 3.81. The maximum atomic E-state index is 5.49. The van der Waals surface area contributed by atoms with E-state index in [1.54, 1.807) is 7.11 Å². The molecule has 1 saturated carbocycles. The summed E-state index contributed by atoms with van der Waals surface area (Å²) in [6.45, 7) is 0. The van der Waals surface area contributed by atoms with E-state index in [1.165, 1.54) is 37.7 Å². The summed E-state index contributed by atoms with van der Waals surface area (Å²) in [5, 5.41) is 3.53. The van der Waals surface area contributed by atoms with E-state index in [2.05, 4.69) is 30.6 Å². The van der Waals surface area contributed by atoms with Crippen molar-refractivity contribution < 1.29 is 4.74 Å². The summed E-state index contributed by atoms with van der Waals surface area (Å²) in [6, 6.07) is 8.39. The van der Waals surface area contributed by atoms with Crippen LogP contribution in [0.4, 0.5) is 0 Å². The first-order valence-electron chi connectivity index (χ1n) is 6.15. The predicted octanol–water partition coefficient (Wildman–Crippen LogP) is 3.07. The average Bonchev–Trinajstić information content (AvgIpc) is 2.39. The van der Waals surface area contributed by atoms with Gasteiger partial charge in [0.2, 0.25) is 0 Å². The van der Waals surface area contributed by atoms with Crippen LogP contribution in [-0.4, -0.2) is 14.2 Å². The number of nitrogens with one attached hydrogen (secondary N) is 1. The molecule has 0 radical (unpaired) electrons. The van der Waals surface area contributed by atoms with E-state index in [0.717, 1.165) is 5.75 Å². The van der Waals surface area contributed by atoms with Crippen LogP contribution in [0.1, 0.15) is 37.7 Å². The molecule has 1 aliphatic carbocycles. The molecular weight excluding hydrogens is 198 g/mol. The van der Waals surface area contributed by atoms with E-state index in [4.69, 9.17) is 4.74 Å².